The zero-order valence-electron chi connectivity index (χ0n) is 11.9. The van der Waals surface area contributed by atoms with E-state index in [9.17, 15) is 9.59 Å². The molecule has 0 heterocycles. The second-order valence-electron chi connectivity index (χ2n) is 4.75. The molecule has 0 spiro atoms. The first-order chi connectivity index (χ1) is 9.63. The van der Waals surface area contributed by atoms with Gasteiger partial charge in [0, 0.05) is 18.4 Å². The molecule has 0 atom stereocenters. The average molecular weight is 278 g/mol. The maximum absolute atomic E-state index is 11.8. The quantitative estimate of drug-likeness (QED) is 0.523. The largest absolute Gasteiger partial charge is 0.494 e. The predicted molar refractivity (Wildman–Crippen MR) is 77.3 cm³/mol. The molecule has 1 aromatic carbocycles. The van der Waals surface area contributed by atoms with Crippen molar-refractivity contribution in [2.45, 2.75) is 45.4 Å². The SMILES string of the molecule is CCCCCOc1ccc(C(=O)CCCC(=O)O)cc1. The summed E-state index contributed by atoms with van der Waals surface area (Å²) in [6, 6.07) is 7.04. The van der Waals surface area contributed by atoms with Crippen LogP contribution >= 0.6 is 0 Å². The molecule has 1 aromatic rings. The first-order valence-electron chi connectivity index (χ1n) is 7.11. The van der Waals surface area contributed by atoms with Crippen LogP contribution in [0.5, 0.6) is 5.75 Å². The summed E-state index contributed by atoms with van der Waals surface area (Å²) in [7, 11) is 0. The van der Waals surface area contributed by atoms with Crippen LogP contribution in [0.1, 0.15) is 55.8 Å². The fraction of sp³-hybridized carbons (Fsp3) is 0.500. The Hall–Kier alpha value is -1.84. The Morgan fingerprint density at radius 1 is 1.05 bits per heavy atom. The van der Waals surface area contributed by atoms with Gasteiger partial charge >= 0.3 is 5.97 Å². The highest BCUT2D eigenvalue weighted by Gasteiger charge is 2.07. The normalized spacial score (nSPS) is 10.2. The lowest BCUT2D eigenvalue weighted by molar-refractivity contribution is -0.137. The number of hydrogen-bond donors (Lipinski definition) is 1. The van der Waals surface area contributed by atoms with Crippen LogP contribution in [-0.4, -0.2) is 23.5 Å². The lowest BCUT2D eigenvalue weighted by Crippen LogP contribution is -2.02. The van der Waals surface area contributed by atoms with E-state index < -0.39 is 5.97 Å². The molecule has 0 amide bonds. The van der Waals surface area contributed by atoms with E-state index in [0.717, 1.165) is 25.0 Å². The average Bonchev–Trinajstić information content (AvgIpc) is 2.44. The molecule has 4 nitrogen and oxygen atoms in total. The standard InChI is InChI=1S/C16H22O4/c1-2-3-4-12-20-14-10-8-13(9-11-14)15(17)6-5-7-16(18)19/h8-11H,2-7,12H2,1H3,(H,18,19). The number of carbonyl (C=O) groups is 2. The number of ether oxygens (including phenoxy) is 1. The number of aliphatic carboxylic acids is 1. The number of carboxylic acid groups (broad SMARTS) is 1. The third-order valence-electron chi connectivity index (χ3n) is 2.99. The maximum Gasteiger partial charge on any atom is 0.303 e. The van der Waals surface area contributed by atoms with Gasteiger partial charge in [0.1, 0.15) is 5.75 Å². The fourth-order valence-electron chi connectivity index (χ4n) is 1.82. The first kappa shape index (κ1) is 16.2. The Morgan fingerprint density at radius 2 is 1.75 bits per heavy atom. The molecule has 0 bridgehead atoms. The van der Waals surface area contributed by atoms with Gasteiger partial charge in [-0.3, -0.25) is 9.59 Å². The number of ketones is 1. The second-order valence-corrected chi connectivity index (χ2v) is 4.75. The van der Waals surface area contributed by atoms with Crippen LogP contribution in [0.25, 0.3) is 0 Å². The summed E-state index contributed by atoms with van der Waals surface area (Å²) in [6.45, 7) is 2.84. The van der Waals surface area contributed by atoms with E-state index in [-0.39, 0.29) is 18.6 Å². The molecule has 0 unspecified atom stereocenters. The number of unbranched alkanes of at least 4 members (excludes halogenated alkanes) is 2. The molecule has 4 heteroatoms. The van der Waals surface area contributed by atoms with Crippen LogP contribution in [0.15, 0.2) is 24.3 Å². The van der Waals surface area contributed by atoms with Crippen molar-refractivity contribution in [2.24, 2.45) is 0 Å². The van der Waals surface area contributed by atoms with E-state index >= 15 is 0 Å². The number of hydrogen-bond acceptors (Lipinski definition) is 3. The van der Waals surface area contributed by atoms with Crippen molar-refractivity contribution < 1.29 is 19.4 Å². The lowest BCUT2D eigenvalue weighted by Gasteiger charge is -2.06. The number of rotatable bonds is 10. The van der Waals surface area contributed by atoms with Crippen LogP contribution in [0.2, 0.25) is 0 Å². The molecule has 0 aliphatic carbocycles. The van der Waals surface area contributed by atoms with Crippen molar-refractivity contribution in [3.63, 3.8) is 0 Å². The zero-order valence-corrected chi connectivity index (χ0v) is 11.9. The van der Waals surface area contributed by atoms with E-state index in [1.807, 2.05) is 0 Å². The maximum atomic E-state index is 11.8. The van der Waals surface area contributed by atoms with Crippen molar-refractivity contribution in [3.05, 3.63) is 29.8 Å². The topological polar surface area (TPSA) is 63.6 Å². The molecular weight excluding hydrogens is 256 g/mol. The molecule has 0 aliphatic heterocycles. The number of carboxylic acids is 1. The van der Waals surface area contributed by atoms with Crippen LogP contribution in [-0.2, 0) is 4.79 Å². The Bertz CT molecular complexity index is 423. The minimum Gasteiger partial charge on any atom is -0.494 e. The van der Waals surface area contributed by atoms with Crippen molar-refractivity contribution in [1.29, 1.82) is 0 Å². The van der Waals surface area contributed by atoms with Crippen molar-refractivity contribution >= 4 is 11.8 Å². The first-order valence-corrected chi connectivity index (χ1v) is 7.11. The highest BCUT2D eigenvalue weighted by molar-refractivity contribution is 5.96. The fourth-order valence-corrected chi connectivity index (χ4v) is 1.82. The summed E-state index contributed by atoms with van der Waals surface area (Å²) in [5, 5.41) is 8.53. The summed E-state index contributed by atoms with van der Waals surface area (Å²) in [6.07, 6.45) is 4.02. The molecule has 1 rings (SSSR count). The molecule has 1 N–H and O–H groups in total. The van der Waals surface area contributed by atoms with E-state index in [1.165, 1.54) is 0 Å². The van der Waals surface area contributed by atoms with E-state index in [0.29, 0.717) is 18.6 Å². The predicted octanol–water partition coefficient (Wildman–Crippen LogP) is 3.69. The Labute approximate surface area is 119 Å². The summed E-state index contributed by atoms with van der Waals surface area (Å²) >= 11 is 0. The molecule has 0 radical (unpaired) electrons. The van der Waals surface area contributed by atoms with Gasteiger partial charge in [-0.15, -0.1) is 0 Å². The third-order valence-corrected chi connectivity index (χ3v) is 2.99. The summed E-state index contributed by atoms with van der Waals surface area (Å²) < 4.78 is 5.57. The number of Topliss-reactive ketones (excluding diaryl/α,β-unsaturated/α-hetero) is 1. The molecular formula is C16H22O4. The van der Waals surface area contributed by atoms with E-state index in [2.05, 4.69) is 6.92 Å². The van der Waals surface area contributed by atoms with Crippen LogP contribution in [0.4, 0.5) is 0 Å². The lowest BCUT2D eigenvalue weighted by atomic mass is 10.1. The molecule has 0 fully saturated rings. The van der Waals surface area contributed by atoms with Crippen LogP contribution < -0.4 is 4.74 Å². The molecule has 110 valence electrons. The Balaban J connectivity index is 2.37. The number of carbonyl (C=O) groups excluding carboxylic acids is 1. The summed E-state index contributed by atoms with van der Waals surface area (Å²) in [4.78, 5) is 22.2. The monoisotopic (exact) mass is 278 g/mol. The van der Waals surface area contributed by atoms with Crippen molar-refractivity contribution in [3.8, 4) is 5.75 Å². The summed E-state index contributed by atoms with van der Waals surface area (Å²) in [5.74, 6) is -0.124. The van der Waals surface area contributed by atoms with Gasteiger partial charge in [0.25, 0.3) is 0 Å². The molecule has 0 aromatic heterocycles. The third kappa shape index (κ3) is 6.36. The van der Waals surface area contributed by atoms with Crippen LogP contribution in [0, 0.1) is 0 Å². The zero-order chi connectivity index (χ0) is 14.8. The summed E-state index contributed by atoms with van der Waals surface area (Å²) in [5.41, 5.74) is 0.608. The van der Waals surface area contributed by atoms with Crippen LogP contribution in [0.3, 0.4) is 0 Å². The number of benzene rings is 1. The van der Waals surface area contributed by atoms with Gasteiger partial charge in [0.2, 0.25) is 0 Å². The molecule has 0 saturated carbocycles. The Kier molecular flexibility index (Phi) is 7.40. The van der Waals surface area contributed by atoms with Crippen molar-refractivity contribution in [2.75, 3.05) is 6.61 Å². The highest BCUT2D eigenvalue weighted by atomic mass is 16.5. The van der Waals surface area contributed by atoms with Gasteiger partial charge < -0.3 is 9.84 Å². The van der Waals surface area contributed by atoms with E-state index in [4.69, 9.17) is 9.84 Å². The van der Waals surface area contributed by atoms with E-state index in [1.54, 1.807) is 24.3 Å². The molecule has 0 saturated heterocycles. The minimum atomic E-state index is -0.867. The smallest absolute Gasteiger partial charge is 0.303 e. The van der Waals surface area contributed by atoms with Crippen molar-refractivity contribution in [1.82, 2.24) is 0 Å². The van der Waals surface area contributed by atoms with Gasteiger partial charge in [-0.1, -0.05) is 19.8 Å². The van der Waals surface area contributed by atoms with Gasteiger partial charge in [0.15, 0.2) is 5.78 Å². The second kappa shape index (κ2) is 9.13. The van der Waals surface area contributed by atoms with Gasteiger partial charge in [0.05, 0.1) is 6.61 Å². The highest BCUT2D eigenvalue weighted by Crippen LogP contribution is 2.15. The van der Waals surface area contributed by atoms with Gasteiger partial charge in [-0.05, 0) is 37.1 Å². The molecule has 0 aliphatic rings. The Morgan fingerprint density at radius 3 is 2.35 bits per heavy atom. The van der Waals surface area contributed by atoms with Gasteiger partial charge in [-0.2, -0.15) is 0 Å². The minimum absolute atomic E-state index is 0.0243. The van der Waals surface area contributed by atoms with Gasteiger partial charge in [-0.25, -0.2) is 0 Å². The molecule has 20 heavy (non-hydrogen) atoms.